The topological polar surface area (TPSA) is 26.3 Å². The van der Waals surface area contributed by atoms with Crippen molar-refractivity contribution in [3.63, 3.8) is 0 Å². The molecule has 1 aromatic carbocycles. The second-order valence-corrected chi connectivity index (χ2v) is 9.79. The summed E-state index contributed by atoms with van der Waals surface area (Å²) in [5, 5.41) is 0. The molecule has 0 radical (unpaired) electrons. The van der Waals surface area contributed by atoms with Crippen LogP contribution in [0.4, 0.5) is 8.78 Å². The van der Waals surface area contributed by atoms with Gasteiger partial charge in [-0.3, -0.25) is 4.79 Å². The summed E-state index contributed by atoms with van der Waals surface area (Å²) in [7, 11) is 0. The van der Waals surface area contributed by atoms with E-state index in [2.05, 4.69) is 6.92 Å². The lowest BCUT2D eigenvalue weighted by atomic mass is 9.61. The fourth-order valence-electron chi connectivity index (χ4n) is 6.39. The first-order valence-corrected chi connectivity index (χ1v) is 11.7. The van der Waals surface area contributed by atoms with Crippen LogP contribution in [-0.4, -0.2) is 5.97 Å². The monoisotopic (exact) mass is 404 g/mol. The van der Waals surface area contributed by atoms with Gasteiger partial charge in [0.05, 0.1) is 5.92 Å². The lowest BCUT2D eigenvalue weighted by molar-refractivity contribution is -0.140. The summed E-state index contributed by atoms with van der Waals surface area (Å²) < 4.78 is 31.7. The van der Waals surface area contributed by atoms with Crippen molar-refractivity contribution in [3.05, 3.63) is 29.8 Å². The molecular weight excluding hydrogens is 370 g/mol. The molecule has 0 heterocycles. The van der Waals surface area contributed by atoms with Crippen molar-refractivity contribution in [2.24, 2.45) is 35.5 Å². The number of fused-ring (bicyclic) bond motifs is 1. The van der Waals surface area contributed by atoms with Gasteiger partial charge in [-0.15, -0.1) is 0 Å². The predicted octanol–water partition coefficient (Wildman–Crippen LogP) is 6.92. The van der Waals surface area contributed by atoms with Crippen LogP contribution < -0.4 is 4.74 Å². The number of carbonyl (C=O) groups excluding carboxylic acids is 1. The van der Waals surface area contributed by atoms with E-state index in [1.54, 1.807) is 0 Å². The maximum absolute atomic E-state index is 13.3. The molecule has 0 bridgehead atoms. The number of carbonyl (C=O) groups is 1. The summed E-state index contributed by atoms with van der Waals surface area (Å²) in [6.45, 7) is 2.34. The second-order valence-electron chi connectivity index (χ2n) is 9.79. The summed E-state index contributed by atoms with van der Waals surface area (Å²) in [6, 6.07) is 3.26. The first kappa shape index (κ1) is 20.8. The van der Waals surface area contributed by atoms with Gasteiger partial charge in [-0.1, -0.05) is 19.8 Å². The van der Waals surface area contributed by atoms with Crippen molar-refractivity contribution in [3.8, 4) is 5.75 Å². The van der Waals surface area contributed by atoms with Crippen molar-refractivity contribution < 1.29 is 18.3 Å². The zero-order valence-corrected chi connectivity index (χ0v) is 17.5. The first-order valence-electron chi connectivity index (χ1n) is 11.7. The largest absolute Gasteiger partial charge is 0.426 e. The van der Waals surface area contributed by atoms with Crippen molar-refractivity contribution in [2.75, 3.05) is 0 Å². The fraction of sp³-hybridized carbons (Fsp3) is 0.720. The number of esters is 1. The molecule has 0 aromatic heterocycles. The standard InChI is InChI=1S/C25H34F2O2/c1-2-16-3-4-21-14-20(10-9-19(21)13-16)17-5-7-18(8-6-17)25(28)29-22-11-12-23(26)24(27)15-22/h11-12,15-21H,2-10,13-14H2,1H3. The van der Waals surface area contributed by atoms with Crippen LogP contribution in [0.5, 0.6) is 5.75 Å². The number of benzene rings is 1. The molecule has 0 saturated heterocycles. The Kier molecular flexibility index (Phi) is 6.56. The maximum Gasteiger partial charge on any atom is 0.314 e. The zero-order valence-electron chi connectivity index (χ0n) is 17.5. The van der Waals surface area contributed by atoms with E-state index < -0.39 is 11.6 Å². The minimum Gasteiger partial charge on any atom is -0.426 e. The number of hydrogen-bond acceptors (Lipinski definition) is 2. The third kappa shape index (κ3) is 4.83. The Balaban J connectivity index is 1.25. The molecule has 3 saturated carbocycles. The third-order valence-electron chi connectivity index (χ3n) is 8.22. The van der Waals surface area contributed by atoms with E-state index in [1.165, 1.54) is 51.0 Å². The number of rotatable bonds is 4. The van der Waals surface area contributed by atoms with Gasteiger partial charge in [0.25, 0.3) is 0 Å². The Hall–Kier alpha value is -1.45. The predicted molar refractivity (Wildman–Crippen MR) is 109 cm³/mol. The summed E-state index contributed by atoms with van der Waals surface area (Å²) >= 11 is 0. The minimum atomic E-state index is -0.984. The molecule has 3 fully saturated rings. The molecule has 0 spiro atoms. The molecular formula is C25H34F2O2. The van der Waals surface area contributed by atoms with Crippen LogP contribution in [0.2, 0.25) is 0 Å². The van der Waals surface area contributed by atoms with Gasteiger partial charge in [0.1, 0.15) is 5.75 Å². The quantitative estimate of drug-likeness (QED) is 0.402. The van der Waals surface area contributed by atoms with Crippen molar-refractivity contribution in [1.82, 2.24) is 0 Å². The lowest BCUT2D eigenvalue weighted by Crippen LogP contribution is -2.35. The molecule has 160 valence electrons. The Bertz CT molecular complexity index is 711. The van der Waals surface area contributed by atoms with Gasteiger partial charge in [0.2, 0.25) is 0 Å². The number of ether oxygens (including phenoxy) is 1. The molecule has 0 N–H and O–H groups in total. The van der Waals surface area contributed by atoms with Gasteiger partial charge in [0.15, 0.2) is 11.6 Å². The normalized spacial score (nSPS) is 35.0. The first-order chi connectivity index (χ1) is 14.0. The van der Waals surface area contributed by atoms with Crippen LogP contribution in [-0.2, 0) is 4.79 Å². The van der Waals surface area contributed by atoms with E-state index in [-0.39, 0.29) is 17.6 Å². The van der Waals surface area contributed by atoms with Gasteiger partial charge >= 0.3 is 5.97 Å². The molecule has 3 aliphatic carbocycles. The zero-order chi connectivity index (χ0) is 20.4. The minimum absolute atomic E-state index is 0.0945. The van der Waals surface area contributed by atoms with Crippen LogP contribution in [0.25, 0.3) is 0 Å². The summed E-state index contributed by atoms with van der Waals surface area (Å²) in [6.07, 6.45) is 13.7. The van der Waals surface area contributed by atoms with Crippen LogP contribution in [0.1, 0.15) is 77.6 Å². The molecule has 4 heteroatoms. The van der Waals surface area contributed by atoms with Crippen LogP contribution in [0.3, 0.4) is 0 Å². The van der Waals surface area contributed by atoms with Gasteiger partial charge in [-0.25, -0.2) is 8.78 Å². The highest BCUT2D eigenvalue weighted by Crippen LogP contribution is 2.49. The third-order valence-corrected chi connectivity index (χ3v) is 8.22. The SMILES string of the molecule is CCC1CCC2CC(C3CCC(C(=O)Oc4ccc(F)c(F)c4)CC3)CCC2C1. The second kappa shape index (κ2) is 9.14. The Morgan fingerprint density at radius 2 is 1.48 bits per heavy atom. The highest BCUT2D eigenvalue weighted by molar-refractivity contribution is 5.75. The molecule has 4 unspecified atom stereocenters. The fourth-order valence-corrected chi connectivity index (χ4v) is 6.39. The van der Waals surface area contributed by atoms with Crippen LogP contribution in [0.15, 0.2) is 18.2 Å². The number of hydrogen-bond donors (Lipinski definition) is 0. The highest BCUT2D eigenvalue weighted by Gasteiger charge is 2.39. The van der Waals surface area contributed by atoms with Gasteiger partial charge < -0.3 is 4.74 Å². The van der Waals surface area contributed by atoms with Crippen LogP contribution in [0, 0.1) is 47.1 Å². The molecule has 29 heavy (non-hydrogen) atoms. The average molecular weight is 405 g/mol. The molecule has 3 aliphatic rings. The molecule has 0 aliphatic heterocycles. The average Bonchev–Trinajstić information content (AvgIpc) is 2.75. The molecule has 1 aromatic rings. The van der Waals surface area contributed by atoms with E-state index in [0.29, 0.717) is 0 Å². The highest BCUT2D eigenvalue weighted by atomic mass is 19.2. The summed E-state index contributed by atoms with van der Waals surface area (Å²) in [5.41, 5.74) is 0. The van der Waals surface area contributed by atoms with Gasteiger partial charge in [-0.05, 0) is 99.5 Å². The molecule has 2 nitrogen and oxygen atoms in total. The molecule has 0 amide bonds. The summed E-state index contributed by atoms with van der Waals surface area (Å²) in [5.74, 6) is 2.21. The maximum atomic E-state index is 13.3. The van der Waals surface area contributed by atoms with Crippen LogP contribution >= 0.6 is 0 Å². The van der Waals surface area contributed by atoms with Crippen molar-refractivity contribution in [2.45, 2.75) is 77.6 Å². The Morgan fingerprint density at radius 3 is 2.17 bits per heavy atom. The molecule has 4 rings (SSSR count). The van der Waals surface area contributed by atoms with E-state index in [1.807, 2.05) is 0 Å². The van der Waals surface area contributed by atoms with Gasteiger partial charge in [-0.2, -0.15) is 0 Å². The van der Waals surface area contributed by atoms with E-state index in [4.69, 9.17) is 4.74 Å². The lowest BCUT2D eigenvalue weighted by Gasteiger charge is -2.45. The Morgan fingerprint density at radius 1 is 0.862 bits per heavy atom. The van der Waals surface area contributed by atoms with Gasteiger partial charge in [0, 0.05) is 6.07 Å². The van der Waals surface area contributed by atoms with E-state index in [0.717, 1.165) is 67.4 Å². The number of halogens is 2. The van der Waals surface area contributed by atoms with E-state index in [9.17, 15) is 13.6 Å². The Labute approximate surface area is 173 Å². The molecule has 4 atom stereocenters. The van der Waals surface area contributed by atoms with Crippen molar-refractivity contribution in [1.29, 1.82) is 0 Å². The smallest absolute Gasteiger partial charge is 0.314 e. The van der Waals surface area contributed by atoms with E-state index >= 15 is 0 Å². The summed E-state index contributed by atoms with van der Waals surface area (Å²) in [4.78, 5) is 12.5. The van der Waals surface area contributed by atoms with Crippen molar-refractivity contribution >= 4 is 5.97 Å².